The highest BCUT2D eigenvalue weighted by atomic mass is 16.3. The Morgan fingerprint density at radius 2 is 1.71 bits per heavy atom. The van der Waals surface area contributed by atoms with E-state index in [0.717, 1.165) is 16.3 Å². The first-order chi connectivity index (χ1) is 10.2. The molecule has 0 saturated heterocycles. The van der Waals surface area contributed by atoms with Gasteiger partial charge >= 0.3 is 0 Å². The van der Waals surface area contributed by atoms with Gasteiger partial charge in [0, 0.05) is 11.8 Å². The maximum atomic E-state index is 10.0. The fraction of sp³-hybridized carbons (Fsp3) is 0.0556. The van der Waals surface area contributed by atoms with E-state index >= 15 is 0 Å². The van der Waals surface area contributed by atoms with Gasteiger partial charge in [0.2, 0.25) is 0 Å². The first-order valence-corrected chi connectivity index (χ1v) is 6.72. The fourth-order valence-corrected chi connectivity index (χ4v) is 2.29. The lowest BCUT2D eigenvalue weighted by Gasteiger charge is -2.05. The summed E-state index contributed by atoms with van der Waals surface area (Å²) < 4.78 is 0. The quantitative estimate of drug-likeness (QED) is 0.714. The highest BCUT2D eigenvalue weighted by molar-refractivity contribution is 6.02. The molecular formula is C18H15NO2. The summed E-state index contributed by atoms with van der Waals surface area (Å²) in [5.74, 6) is 0.394. The molecule has 0 fully saturated rings. The second kappa shape index (κ2) is 5.67. The van der Waals surface area contributed by atoms with Crippen LogP contribution in [-0.4, -0.2) is 16.4 Å². The van der Waals surface area contributed by atoms with Gasteiger partial charge in [0.25, 0.3) is 0 Å². The van der Waals surface area contributed by atoms with Crippen LogP contribution in [0.25, 0.3) is 10.8 Å². The van der Waals surface area contributed by atoms with Gasteiger partial charge in [-0.05, 0) is 40.6 Å². The second-order valence-electron chi connectivity index (χ2n) is 4.86. The summed E-state index contributed by atoms with van der Waals surface area (Å²) in [6, 6.07) is 18.4. The number of rotatable bonds is 3. The Labute approximate surface area is 122 Å². The Bertz CT molecular complexity index is 795. The van der Waals surface area contributed by atoms with Crippen LogP contribution in [0.4, 0.5) is 0 Å². The van der Waals surface area contributed by atoms with Crippen molar-refractivity contribution in [2.45, 2.75) is 6.54 Å². The van der Waals surface area contributed by atoms with Crippen molar-refractivity contribution < 1.29 is 10.2 Å². The van der Waals surface area contributed by atoms with Gasteiger partial charge < -0.3 is 10.2 Å². The average Bonchev–Trinajstić information content (AvgIpc) is 2.50. The van der Waals surface area contributed by atoms with Crippen molar-refractivity contribution in [1.82, 2.24) is 0 Å². The van der Waals surface area contributed by atoms with E-state index in [1.807, 2.05) is 30.3 Å². The van der Waals surface area contributed by atoms with Crippen LogP contribution in [0.15, 0.2) is 65.7 Å². The third kappa shape index (κ3) is 2.87. The summed E-state index contributed by atoms with van der Waals surface area (Å²) in [4.78, 5) is 4.40. The molecule has 3 heteroatoms. The molecule has 0 unspecified atom stereocenters. The summed E-state index contributed by atoms with van der Waals surface area (Å²) >= 11 is 0. The molecular weight excluding hydrogens is 262 g/mol. The normalized spacial score (nSPS) is 11.2. The highest BCUT2D eigenvalue weighted by Crippen LogP contribution is 2.28. The van der Waals surface area contributed by atoms with E-state index in [-0.39, 0.29) is 11.5 Å². The number of benzene rings is 3. The van der Waals surface area contributed by atoms with Crippen LogP contribution >= 0.6 is 0 Å². The molecule has 0 spiro atoms. The van der Waals surface area contributed by atoms with Crippen molar-refractivity contribution in [3.8, 4) is 11.5 Å². The van der Waals surface area contributed by atoms with Gasteiger partial charge in [-0.1, -0.05) is 36.4 Å². The Kier molecular flexibility index (Phi) is 3.56. The number of aromatic hydroxyl groups is 2. The minimum absolute atomic E-state index is 0.185. The third-order valence-corrected chi connectivity index (χ3v) is 3.36. The van der Waals surface area contributed by atoms with Gasteiger partial charge in [-0.2, -0.15) is 0 Å². The van der Waals surface area contributed by atoms with E-state index in [2.05, 4.69) is 4.99 Å². The lowest BCUT2D eigenvalue weighted by atomic mass is 10.0. The van der Waals surface area contributed by atoms with Crippen LogP contribution in [0, 0.1) is 0 Å². The van der Waals surface area contributed by atoms with Crippen molar-refractivity contribution in [1.29, 1.82) is 0 Å². The SMILES string of the molecule is Oc1ccc2c(C=NCc3ccccc3)c(O)ccc2c1. The van der Waals surface area contributed by atoms with Crippen molar-refractivity contribution in [3.05, 3.63) is 71.8 Å². The van der Waals surface area contributed by atoms with Crippen LogP contribution < -0.4 is 0 Å². The zero-order valence-corrected chi connectivity index (χ0v) is 11.4. The Morgan fingerprint density at radius 1 is 0.905 bits per heavy atom. The van der Waals surface area contributed by atoms with Gasteiger partial charge in [-0.15, -0.1) is 0 Å². The molecule has 0 aromatic heterocycles. The minimum Gasteiger partial charge on any atom is -0.508 e. The summed E-state index contributed by atoms with van der Waals surface area (Å²) in [6.07, 6.45) is 1.68. The summed E-state index contributed by atoms with van der Waals surface area (Å²) in [5.41, 5.74) is 1.79. The van der Waals surface area contributed by atoms with E-state index < -0.39 is 0 Å². The molecule has 0 amide bonds. The summed E-state index contributed by atoms with van der Waals surface area (Å²) in [6.45, 7) is 0.564. The monoisotopic (exact) mass is 277 g/mol. The smallest absolute Gasteiger partial charge is 0.124 e. The predicted molar refractivity (Wildman–Crippen MR) is 85.0 cm³/mol. The fourth-order valence-electron chi connectivity index (χ4n) is 2.29. The lowest BCUT2D eigenvalue weighted by Crippen LogP contribution is -1.88. The van der Waals surface area contributed by atoms with E-state index in [4.69, 9.17) is 0 Å². The molecule has 3 aromatic rings. The number of phenolic OH excluding ortho intramolecular Hbond substituents is 2. The van der Waals surface area contributed by atoms with Gasteiger partial charge in [-0.25, -0.2) is 0 Å². The zero-order valence-electron chi connectivity index (χ0n) is 11.4. The molecule has 0 bridgehead atoms. The molecule has 3 aromatic carbocycles. The van der Waals surface area contributed by atoms with Gasteiger partial charge in [0.05, 0.1) is 6.54 Å². The number of phenols is 2. The van der Waals surface area contributed by atoms with Crippen LogP contribution in [0.3, 0.4) is 0 Å². The van der Waals surface area contributed by atoms with Gasteiger partial charge in [-0.3, -0.25) is 4.99 Å². The van der Waals surface area contributed by atoms with Gasteiger partial charge in [0.15, 0.2) is 0 Å². The number of hydrogen-bond acceptors (Lipinski definition) is 3. The molecule has 0 radical (unpaired) electrons. The highest BCUT2D eigenvalue weighted by Gasteiger charge is 2.05. The molecule has 2 N–H and O–H groups in total. The largest absolute Gasteiger partial charge is 0.508 e. The summed E-state index contributed by atoms with van der Waals surface area (Å²) in [5, 5.41) is 21.3. The van der Waals surface area contributed by atoms with Crippen molar-refractivity contribution in [2.75, 3.05) is 0 Å². The molecule has 21 heavy (non-hydrogen) atoms. The maximum Gasteiger partial charge on any atom is 0.124 e. The first kappa shape index (κ1) is 13.2. The van der Waals surface area contributed by atoms with Gasteiger partial charge in [0.1, 0.15) is 11.5 Å². The van der Waals surface area contributed by atoms with Crippen LogP contribution in [0.5, 0.6) is 11.5 Å². The summed E-state index contributed by atoms with van der Waals surface area (Å²) in [7, 11) is 0. The second-order valence-corrected chi connectivity index (χ2v) is 4.86. The number of fused-ring (bicyclic) bond motifs is 1. The Hall–Kier alpha value is -2.81. The molecule has 0 atom stereocenters. The topological polar surface area (TPSA) is 52.8 Å². The first-order valence-electron chi connectivity index (χ1n) is 6.72. The van der Waals surface area contributed by atoms with Crippen molar-refractivity contribution >= 4 is 17.0 Å². The zero-order chi connectivity index (χ0) is 14.7. The molecule has 104 valence electrons. The number of nitrogens with zero attached hydrogens (tertiary/aromatic N) is 1. The van der Waals surface area contributed by atoms with Crippen molar-refractivity contribution in [2.24, 2.45) is 4.99 Å². The average molecular weight is 277 g/mol. The third-order valence-electron chi connectivity index (χ3n) is 3.36. The number of aliphatic imine (C=N–C) groups is 1. The number of hydrogen-bond donors (Lipinski definition) is 2. The molecule has 0 aliphatic heterocycles. The van der Waals surface area contributed by atoms with E-state index in [1.165, 1.54) is 0 Å². The maximum absolute atomic E-state index is 10.0. The standard InChI is InChI=1S/C18H15NO2/c20-15-7-8-16-14(10-15)6-9-18(21)17(16)12-19-11-13-4-2-1-3-5-13/h1-10,12,20-21H,11H2. The lowest BCUT2D eigenvalue weighted by molar-refractivity contribution is 0.473. The van der Waals surface area contributed by atoms with E-state index in [9.17, 15) is 10.2 Å². The minimum atomic E-state index is 0.185. The Morgan fingerprint density at radius 3 is 2.52 bits per heavy atom. The molecule has 3 nitrogen and oxygen atoms in total. The van der Waals surface area contributed by atoms with Crippen molar-refractivity contribution in [3.63, 3.8) is 0 Å². The Balaban J connectivity index is 1.94. The predicted octanol–water partition coefficient (Wildman–Crippen LogP) is 3.87. The van der Waals surface area contributed by atoms with E-state index in [1.54, 1.807) is 36.5 Å². The molecule has 0 heterocycles. The van der Waals surface area contributed by atoms with E-state index in [0.29, 0.717) is 12.1 Å². The molecule has 0 aliphatic rings. The van der Waals surface area contributed by atoms with Crippen LogP contribution in [0.1, 0.15) is 11.1 Å². The molecule has 0 aliphatic carbocycles. The van der Waals surface area contributed by atoms with Crippen LogP contribution in [0.2, 0.25) is 0 Å². The van der Waals surface area contributed by atoms with Crippen LogP contribution in [-0.2, 0) is 6.54 Å². The molecule has 0 saturated carbocycles. The molecule has 3 rings (SSSR count).